The van der Waals surface area contributed by atoms with Gasteiger partial charge in [-0.15, -0.1) is 0 Å². The number of nitrogens with one attached hydrogen (secondary N) is 1. The van der Waals surface area contributed by atoms with Crippen LogP contribution in [0.15, 0.2) is 29.3 Å². The van der Waals surface area contributed by atoms with E-state index in [-0.39, 0.29) is 0 Å². The molecular weight excluding hydrogens is 294 g/mol. The molecule has 1 N–H and O–H groups in total. The van der Waals surface area contributed by atoms with Gasteiger partial charge in [0.1, 0.15) is 5.75 Å². The molecule has 0 fully saturated rings. The first-order valence-electron chi connectivity index (χ1n) is 7.91. The van der Waals surface area contributed by atoms with Crippen LogP contribution in [0.5, 0.6) is 5.75 Å². The van der Waals surface area contributed by atoms with E-state index in [0.29, 0.717) is 33.0 Å². The number of guanidine groups is 1. The van der Waals surface area contributed by atoms with Crippen molar-refractivity contribution in [1.29, 1.82) is 0 Å². The molecule has 23 heavy (non-hydrogen) atoms. The first-order chi connectivity index (χ1) is 11.2. The fourth-order valence-electron chi connectivity index (χ4n) is 2.07. The van der Waals surface area contributed by atoms with Gasteiger partial charge in [0, 0.05) is 34.3 Å². The Morgan fingerprint density at radius 1 is 1.17 bits per heavy atom. The second kappa shape index (κ2) is 11.7. The van der Waals surface area contributed by atoms with Gasteiger partial charge in [0.2, 0.25) is 0 Å². The topological polar surface area (TPSA) is 55.3 Å². The van der Waals surface area contributed by atoms with Gasteiger partial charge in [-0.3, -0.25) is 4.99 Å². The van der Waals surface area contributed by atoms with Crippen molar-refractivity contribution in [2.45, 2.75) is 13.5 Å². The monoisotopic (exact) mass is 323 g/mol. The maximum absolute atomic E-state index is 5.46. The largest absolute Gasteiger partial charge is 0.494 e. The Labute approximate surface area is 139 Å². The fourth-order valence-corrected chi connectivity index (χ4v) is 2.07. The van der Waals surface area contributed by atoms with Gasteiger partial charge < -0.3 is 24.4 Å². The van der Waals surface area contributed by atoms with Gasteiger partial charge in [0.05, 0.1) is 26.4 Å². The average Bonchev–Trinajstić information content (AvgIpc) is 2.56. The molecule has 0 aromatic heterocycles. The Balaban J connectivity index is 2.36. The molecule has 0 unspecified atom stereocenters. The third-order valence-corrected chi connectivity index (χ3v) is 3.19. The fraction of sp³-hybridized carbons (Fsp3) is 0.588. The van der Waals surface area contributed by atoms with Crippen molar-refractivity contribution in [2.75, 3.05) is 54.2 Å². The predicted molar refractivity (Wildman–Crippen MR) is 93.1 cm³/mol. The Bertz CT molecular complexity index is 449. The minimum absolute atomic E-state index is 0.610. The molecule has 1 aromatic rings. The molecule has 0 radical (unpaired) electrons. The number of benzene rings is 1. The van der Waals surface area contributed by atoms with Crippen molar-refractivity contribution in [1.82, 2.24) is 10.2 Å². The minimum Gasteiger partial charge on any atom is -0.494 e. The lowest BCUT2D eigenvalue weighted by molar-refractivity contribution is 0.0731. The van der Waals surface area contributed by atoms with E-state index in [1.165, 1.54) is 5.56 Å². The third-order valence-electron chi connectivity index (χ3n) is 3.19. The van der Waals surface area contributed by atoms with Crippen LogP contribution < -0.4 is 10.1 Å². The molecule has 0 bridgehead atoms. The molecular formula is C17H29N3O3. The second-order valence-corrected chi connectivity index (χ2v) is 5.01. The van der Waals surface area contributed by atoms with Crippen molar-refractivity contribution in [3.63, 3.8) is 0 Å². The summed E-state index contributed by atoms with van der Waals surface area (Å²) in [6.45, 7) is 6.00. The summed E-state index contributed by atoms with van der Waals surface area (Å²) in [7, 11) is 5.46. The Hall–Kier alpha value is -1.79. The smallest absolute Gasteiger partial charge is 0.193 e. The lowest BCUT2D eigenvalue weighted by Gasteiger charge is -2.22. The van der Waals surface area contributed by atoms with Crippen LogP contribution in [-0.4, -0.2) is 65.0 Å². The van der Waals surface area contributed by atoms with E-state index >= 15 is 0 Å². The van der Waals surface area contributed by atoms with E-state index < -0.39 is 0 Å². The van der Waals surface area contributed by atoms with Crippen LogP contribution in [0.3, 0.4) is 0 Å². The molecule has 0 aliphatic carbocycles. The number of hydrogen-bond acceptors (Lipinski definition) is 4. The van der Waals surface area contributed by atoms with E-state index in [4.69, 9.17) is 14.2 Å². The standard InChI is InChI=1S/C17H29N3O3/c1-5-23-16-8-6-15(7-9-16)14-20(3)17(18-2)19-10-11-22-13-12-21-4/h6-9H,5,10-14H2,1-4H3,(H,18,19). The quantitative estimate of drug-likeness (QED) is 0.404. The van der Waals surface area contributed by atoms with E-state index in [1.54, 1.807) is 14.2 Å². The summed E-state index contributed by atoms with van der Waals surface area (Å²) in [5.74, 6) is 1.74. The minimum atomic E-state index is 0.610. The molecule has 0 heterocycles. The average molecular weight is 323 g/mol. The van der Waals surface area contributed by atoms with Crippen LogP contribution in [-0.2, 0) is 16.0 Å². The zero-order chi connectivity index (χ0) is 16.9. The number of hydrogen-bond donors (Lipinski definition) is 1. The van der Waals surface area contributed by atoms with Crippen molar-refractivity contribution in [2.24, 2.45) is 4.99 Å². The Morgan fingerprint density at radius 3 is 2.52 bits per heavy atom. The van der Waals surface area contributed by atoms with Crippen LogP contribution in [0, 0.1) is 0 Å². The Morgan fingerprint density at radius 2 is 1.91 bits per heavy atom. The highest BCUT2D eigenvalue weighted by Crippen LogP contribution is 2.13. The molecule has 6 nitrogen and oxygen atoms in total. The molecule has 0 saturated carbocycles. The summed E-state index contributed by atoms with van der Waals surface area (Å²) in [6, 6.07) is 8.13. The van der Waals surface area contributed by atoms with Gasteiger partial charge in [0.15, 0.2) is 5.96 Å². The number of ether oxygens (including phenoxy) is 3. The zero-order valence-corrected chi connectivity index (χ0v) is 14.7. The van der Waals surface area contributed by atoms with Crippen molar-refractivity contribution in [3.8, 4) is 5.75 Å². The lowest BCUT2D eigenvalue weighted by atomic mass is 10.2. The molecule has 130 valence electrons. The molecule has 6 heteroatoms. The van der Waals surface area contributed by atoms with Crippen LogP contribution in [0.2, 0.25) is 0 Å². The lowest BCUT2D eigenvalue weighted by Crippen LogP contribution is -2.40. The highest BCUT2D eigenvalue weighted by molar-refractivity contribution is 5.79. The number of methoxy groups -OCH3 is 1. The summed E-state index contributed by atoms with van der Waals surface area (Å²) in [5.41, 5.74) is 1.20. The van der Waals surface area contributed by atoms with Crippen molar-refractivity contribution < 1.29 is 14.2 Å². The molecule has 0 amide bonds. The van der Waals surface area contributed by atoms with Crippen LogP contribution >= 0.6 is 0 Å². The van der Waals surface area contributed by atoms with Crippen LogP contribution in [0.1, 0.15) is 12.5 Å². The van der Waals surface area contributed by atoms with Crippen LogP contribution in [0.4, 0.5) is 0 Å². The Kier molecular flexibility index (Phi) is 9.83. The van der Waals surface area contributed by atoms with E-state index in [0.717, 1.165) is 18.3 Å². The molecule has 0 spiro atoms. The summed E-state index contributed by atoms with van der Waals surface area (Å²) in [5, 5.41) is 3.28. The highest BCUT2D eigenvalue weighted by atomic mass is 16.5. The normalized spacial score (nSPS) is 11.4. The van der Waals surface area contributed by atoms with E-state index in [9.17, 15) is 0 Å². The van der Waals surface area contributed by atoms with Crippen molar-refractivity contribution in [3.05, 3.63) is 29.8 Å². The number of aliphatic imine (C=N–C) groups is 1. The molecule has 0 saturated heterocycles. The molecule has 1 rings (SSSR count). The summed E-state index contributed by atoms with van der Waals surface area (Å²) in [6.07, 6.45) is 0. The van der Waals surface area contributed by atoms with Gasteiger partial charge in [-0.2, -0.15) is 0 Å². The SMILES string of the molecule is CCOc1ccc(CN(C)C(=NC)NCCOCCOC)cc1. The van der Waals surface area contributed by atoms with Gasteiger partial charge in [-0.25, -0.2) is 0 Å². The van der Waals surface area contributed by atoms with E-state index in [2.05, 4.69) is 27.3 Å². The molecule has 0 aliphatic heterocycles. The molecule has 1 aromatic carbocycles. The van der Waals surface area contributed by atoms with Gasteiger partial charge in [0.25, 0.3) is 0 Å². The third kappa shape index (κ3) is 7.85. The number of nitrogens with zero attached hydrogens (tertiary/aromatic N) is 2. The summed E-state index contributed by atoms with van der Waals surface area (Å²) >= 11 is 0. The maximum atomic E-state index is 5.46. The molecule has 0 atom stereocenters. The maximum Gasteiger partial charge on any atom is 0.193 e. The highest BCUT2D eigenvalue weighted by Gasteiger charge is 2.06. The first kappa shape index (κ1) is 19.3. The van der Waals surface area contributed by atoms with Gasteiger partial charge >= 0.3 is 0 Å². The first-order valence-corrected chi connectivity index (χ1v) is 7.91. The summed E-state index contributed by atoms with van der Waals surface area (Å²) in [4.78, 5) is 6.37. The summed E-state index contributed by atoms with van der Waals surface area (Å²) < 4.78 is 15.8. The number of rotatable bonds is 10. The van der Waals surface area contributed by atoms with Crippen LogP contribution in [0.25, 0.3) is 0 Å². The van der Waals surface area contributed by atoms with Crippen molar-refractivity contribution >= 4 is 5.96 Å². The predicted octanol–water partition coefficient (Wildman–Crippen LogP) is 1.76. The molecule has 0 aliphatic rings. The van der Waals surface area contributed by atoms with Gasteiger partial charge in [-0.05, 0) is 24.6 Å². The van der Waals surface area contributed by atoms with Gasteiger partial charge in [-0.1, -0.05) is 12.1 Å². The van der Waals surface area contributed by atoms with E-state index in [1.807, 2.05) is 26.1 Å². The zero-order valence-electron chi connectivity index (χ0n) is 14.7. The second-order valence-electron chi connectivity index (χ2n) is 5.01.